The van der Waals surface area contributed by atoms with Crippen molar-refractivity contribution in [2.24, 2.45) is 0 Å². The summed E-state index contributed by atoms with van der Waals surface area (Å²) < 4.78 is 2.48. The molecule has 2 heteroatoms. The number of anilines is 3. The van der Waals surface area contributed by atoms with Crippen LogP contribution >= 0.6 is 0 Å². The molecular formula is C70H52N2. The highest BCUT2D eigenvalue weighted by atomic mass is 15.1. The number of nitrogens with zero attached hydrogens (tertiary/aromatic N) is 2. The molecule has 2 nitrogen and oxygen atoms in total. The highest BCUT2D eigenvalue weighted by Gasteiger charge is 2.36. The summed E-state index contributed by atoms with van der Waals surface area (Å²) in [6.07, 6.45) is 4.14. The Bertz CT molecular complexity index is 4130. The highest BCUT2D eigenvalue weighted by Crippen LogP contribution is 2.52. The molecule has 0 fully saturated rings. The summed E-state index contributed by atoms with van der Waals surface area (Å²) in [6.45, 7) is 11.0. The first-order chi connectivity index (χ1) is 35.4. The first-order valence-electron chi connectivity index (χ1n) is 25.1. The molecule has 0 unspecified atom stereocenters. The van der Waals surface area contributed by atoms with Gasteiger partial charge in [0.15, 0.2) is 0 Å². The molecule has 1 aliphatic carbocycles. The van der Waals surface area contributed by atoms with E-state index in [1.54, 1.807) is 0 Å². The number of benzene rings is 11. The van der Waals surface area contributed by atoms with Crippen LogP contribution in [0, 0.1) is 0 Å². The van der Waals surface area contributed by atoms with Gasteiger partial charge >= 0.3 is 0 Å². The topological polar surface area (TPSA) is 8.17 Å². The molecule has 0 amide bonds. The molecule has 13 rings (SSSR count). The summed E-state index contributed by atoms with van der Waals surface area (Å²) in [6, 6.07) is 87.3. The zero-order chi connectivity index (χ0) is 48.5. The predicted molar refractivity (Wildman–Crippen MR) is 308 cm³/mol. The lowest BCUT2D eigenvalue weighted by Gasteiger charge is -2.29. The van der Waals surface area contributed by atoms with Crippen molar-refractivity contribution in [3.63, 3.8) is 0 Å². The SMILES string of the molecule is C=C/C(=C\C)c1cccc2c1c1cc(-c3ccccc3)ccc1n2-c1ccc(-c2ccc(N(c3ccc(-c4ccccc4)cc3)c3ccc4c(c3)-c3ccccc3C4(C)C)c3ccccc23)c2ccccc12. The van der Waals surface area contributed by atoms with Crippen LogP contribution in [0.25, 0.3) is 99.1 Å². The Morgan fingerprint density at radius 1 is 0.431 bits per heavy atom. The number of aromatic nitrogens is 1. The molecule has 0 aliphatic heterocycles. The molecule has 72 heavy (non-hydrogen) atoms. The molecule has 0 bridgehead atoms. The molecule has 0 saturated heterocycles. The van der Waals surface area contributed by atoms with Crippen LogP contribution in [0.15, 0.2) is 255 Å². The number of fused-ring (bicyclic) bond motifs is 8. The Morgan fingerprint density at radius 3 is 1.74 bits per heavy atom. The summed E-state index contributed by atoms with van der Waals surface area (Å²) in [7, 11) is 0. The summed E-state index contributed by atoms with van der Waals surface area (Å²) in [5, 5.41) is 7.22. The zero-order valence-corrected chi connectivity index (χ0v) is 40.8. The van der Waals surface area contributed by atoms with E-state index >= 15 is 0 Å². The lowest BCUT2D eigenvalue weighted by molar-refractivity contribution is 0.660. The third-order valence-corrected chi connectivity index (χ3v) is 15.4. The Kier molecular flexibility index (Phi) is 10.3. The molecule has 342 valence electrons. The third-order valence-electron chi connectivity index (χ3n) is 15.4. The van der Waals surface area contributed by atoms with Crippen molar-refractivity contribution >= 4 is 66.0 Å². The van der Waals surface area contributed by atoms with Crippen molar-refractivity contribution in [3.05, 3.63) is 272 Å². The molecule has 11 aromatic carbocycles. The fraction of sp³-hybridized carbons (Fsp3) is 0.0571. The van der Waals surface area contributed by atoms with Crippen LogP contribution in [0.5, 0.6) is 0 Å². The maximum atomic E-state index is 4.23. The second kappa shape index (κ2) is 17.2. The van der Waals surface area contributed by atoms with E-state index in [1.165, 1.54) is 99.0 Å². The summed E-state index contributed by atoms with van der Waals surface area (Å²) in [4.78, 5) is 2.46. The lowest BCUT2D eigenvalue weighted by Crippen LogP contribution is -2.15. The van der Waals surface area contributed by atoms with Gasteiger partial charge in [-0.3, -0.25) is 0 Å². The van der Waals surface area contributed by atoms with Crippen molar-refractivity contribution < 1.29 is 0 Å². The van der Waals surface area contributed by atoms with Crippen LogP contribution in [0.3, 0.4) is 0 Å². The maximum Gasteiger partial charge on any atom is 0.0547 e. The van der Waals surface area contributed by atoms with Crippen molar-refractivity contribution in [2.75, 3.05) is 4.90 Å². The average Bonchev–Trinajstić information content (AvgIpc) is 3.89. The molecule has 1 aliphatic rings. The van der Waals surface area contributed by atoms with Gasteiger partial charge in [0, 0.05) is 38.3 Å². The van der Waals surface area contributed by atoms with E-state index in [2.05, 4.69) is 279 Å². The van der Waals surface area contributed by atoms with Gasteiger partial charge in [-0.2, -0.15) is 0 Å². The minimum atomic E-state index is -0.0862. The Morgan fingerprint density at radius 2 is 1.01 bits per heavy atom. The number of allylic oxidation sites excluding steroid dienone is 3. The Hall–Kier alpha value is -8.98. The van der Waals surface area contributed by atoms with Crippen molar-refractivity contribution in [1.29, 1.82) is 0 Å². The van der Waals surface area contributed by atoms with E-state index in [-0.39, 0.29) is 5.41 Å². The van der Waals surface area contributed by atoms with Gasteiger partial charge in [0.2, 0.25) is 0 Å². The highest BCUT2D eigenvalue weighted by molar-refractivity contribution is 6.17. The van der Waals surface area contributed by atoms with Gasteiger partial charge in [0.1, 0.15) is 0 Å². The molecule has 1 aromatic heterocycles. The van der Waals surface area contributed by atoms with Crippen LogP contribution in [-0.4, -0.2) is 4.57 Å². The van der Waals surface area contributed by atoms with Crippen molar-refractivity contribution in [3.8, 4) is 50.2 Å². The van der Waals surface area contributed by atoms with Gasteiger partial charge in [-0.15, -0.1) is 0 Å². The number of rotatable bonds is 9. The molecule has 0 atom stereocenters. The summed E-state index contributed by atoms with van der Waals surface area (Å²) >= 11 is 0. The van der Waals surface area contributed by atoms with Gasteiger partial charge < -0.3 is 9.47 Å². The summed E-state index contributed by atoms with van der Waals surface area (Å²) in [5.41, 5.74) is 21.6. The second-order valence-corrected chi connectivity index (χ2v) is 19.6. The fourth-order valence-corrected chi connectivity index (χ4v) is 11.9. The largest absolute Gasteiger partial charge is 0.310 e. The Balaban J connectivity index is 0.998. The van der Waals surface area contributed by atoms with Gasteiger partial charge in [0.05, 0.1) is 22.4 Å². The van der Waals surface area contributed by atoms with Crippen LogP contribution in [0.4, 0.5) is 17.1 Å². The Labute approximate surface area is 421 Å². The molecule has 12 aromatic rings. The van der Waals surface area contributed by atoms with Crippen LogP contribution in [0.2, 0.25) is 0 Å². The average molecular weight is 921 g/mol. The monoisotopic (exact) mass is 920 g/mol. The zero-order valence-electron chi connectivity index (χ0n) is 40.8. The quantitative estimate of drug-likeness (QED) is 0.131. The molecular weight excluding hydrogens is 869 g/mol. The van der Waals surface area contributed by atoms with E-state index < -0.39 is 0 Å². The normalized spacial score (nSPS) is 12.9. The van der Waals surface area contributed by atoms with Crippen molar-refractivity contribution in [2.45, 2.75) is 26.2 Å². The lowest BCUT2D eigenvalue weighted by atomic mass is 9.82. The number of hydrogen-bond acceptors (Lipinski definition) is 1. The number of hydrogen-bond donors (Lipinski definition) is 0. The fourth-order valence-electron chi connectivity index (χ4n) is 11.9. The predicted octanol–water partition coefficient (Wildman–Crippen LogP) is 19.5. The standard InChI is InChI=1S/C70H52N2/c1-5-46(6-2)53-29-19-31-68-69(53)62-44-50(48-22-11-8-12-23-48)34-41-67(62)72(68)66-43-39-57(55-25-14-16-28-60(55)66)56-38-42-65(59-27-15-13-24-54(56)59)71(51-35-32-49(33-36-51)47-20-9-7-10-21-47)52-37-40-64-61(45-52)58-26-17-18-30-63(58)70(64,3)4/h5-45H,1H2,2-4H3/b46-6+. The van der Waals surface area contributed by atoms with E-state index in [4.69, 9.17) is 0 Å². The van der Waals surface area contributed by atoms with Crippen LogP contribution < -0.4 is 4.90 Å². The van der Waals surface area contributed by atoms with E-state index in [0.29, 0.717) is 0 Å². The van der Waals surface area contributed by atoms with Crippen LogP contribution in [0.1, 0.15) is 37.5 Å². The molecule has 1 heterocycles. The van der Waals surface area contributed by atoms with Gasteiger partial charge in [-0.25, -0.2) is 0 Å². The molecule has 0 saturated carbocycles. The van der Waals surface area contributed by atoms with Crippen molar-refractivity contribution in [1.82, 2.24) is 4.57 Å². The minimum absolute atomic E-state index is 0.0862. The smallest absolute Gasteiger partial charge is 0.0547 e. The summed E-state index contributed by atoms with van der Waals surface area (Å²) in [5.74, 6) is 0. The first-order valence-corrected chi connectivity index (χ1v) is 25.1. The second-order valence-electron chi connectivity index (χ2n) is 19.6. The molecule has 0 N–H and O–H groups in total. The molecule has 0 spiro atoms. The van der Waals surface area contributed by atoms with E-state index in [9.17, 15) is 0 Å². The third kappa shape index (κ3) is 6.78. The van der Waals surface area contributed by atoms with Crippen LogP contribution in [-0.2, 0) is 5.41 Å². The van der Waals surface area contributed by atoms with Gasteiger partial charge in [0.25, 0.3) is 0 Å². The minimum Gasteiger partial charge on any atom is -0.310 e. The van der Waals surface area contributed by atoms with E-state index in [0.717, 1.165) is 33.8 Å². The first kappa shape index (κ1) is 43.1. The van der Waals surface area contributed by atoms with Gasteiger partial charge in [-0.1, -0.05) is 215 Å². The maximum absolute atomic E-state index is 4.23. The van der Waals surface area contributed by atoms with Gasteiger partial charge in [-0.05, 0) is 139 Å². The van der Waals surface area contributed by atoms with E-state index in [1.807, 2.05) is 6.08 Å². The molecule has 0 radical (unpaired) electrons.